The lowest BCUT2D eigenvalue weighted by Crippen LogP contribution is -2.52. The quantitative estimate of drug-likeness (QED) is 0.386. The van der Waals surface area contributed by atoms with Crippen LogP contribution in [0, 0.1) is 5.92 Å². The van der Waals surface area contributed by atoms with Crippen molar-refractivity contribution in [1.29, 1.82) is 0 Å². The summed E-state index contributed by atoms with van der Waals surface area (Å²) in [4.78, 5) is 28.7. The summed E-state index contributed by atoms with van der Waals surface area (Å²) in [5, 5.41) is 24.5. The van der Waals surface area contributed by atoms with Gasteiger partial charge in [0.15, 0.2) is 5.82 Å². The van der Waals surface area contributed by atoms with E-state index in [4.69, 9.17) is 0 Å². The molecule has 4 rings (SSSR count). The second-order valence-electron chi connectivity index (χ2n) is 12.3. The SMILES string of the molecule is CC(C)C(NC(=O)N1Cc2c(NC(=O)C3([Si](C)(C)C)CCC3)n[nH]c2C1(C)C)C(O)c1ccccc1. The molecular formula is C27H41N5O3Si. The van der Waals surface area contributed by atoms with E-state index in [-0.39, 0.29) is 22.9 Å². The Morgan fingerprint density at radius 3 is 2.31 bits per heavy atom. The Kier molecular flexibility index (Phi) is 6.85. The molecule has 4 N–H and O–H groups in total. The zero-order valence-corrected chi connectivity index (χ0v) is 23.6. The molecule has 0 bridgehead atoms. The van der Waals surface area contributed by atoms with Crippen LogP contribution in [0.4, 0.5) is 10.6 Å². The normalized spacial score (nSPS) is 19.9. The first-order valence-corrected chi connectivity index (χ1v) is 16.5. The van der Waals surface area contributed by atoms with Crippen LogP contribution < -0.4 is 10.6 Å². The fourth-order valence-corrected chi connectivity index (χ4v) is 8.31. The highest BCUT2D eigenvalue weighted by molar-refractivity contribution is 6.83. The zero-order chi connectivity index (χ0) is 26.5. The summed E-state index contributed by atoms with van der Waals surface area (Å²) >= 11 is 0. The molecule has 0 spiro atoms. The number of urea groups is 1. The standard InChI is InChI=1S/C27H41N5O3Si/c1-17(2)20(21(33)18-12-9-8-10-13-18)28-25(35)32-16-19-22(26(32,3)4)30-31-23(19)29-24(34)27(14-11-15-27)36(5,6)7/h8-10,12-13,17,20-21,33H,11,14-16H2,1-7H3,(H,28,35)(H2,29,30,31,34). The van der Waals surface area contributed by atoms with Crippen LogP contribution in [0.2, 0.25) is 24.7 Å². The molecule has 2 heterocycles. The number of hydrogen-bond acceptors (Lipinski definition) is 4. The Morgan fingerprint density at radius 2 is 1.78 bits per heavy atom. The number of aromatic nitrogens is 2. The van der Waals surface area contributed by atoms with E-state index in [2.05, 4.69) is 40.5 Å². The Hall–Kier alpha value is -2.65. The van der Waals surface area contributed by atoms with E-state index in [1.165, 1.54) is 0 Å². The number of aromatic amines is 1. The van der Waals surface area contributed by atoms with Crippen molar-refractivity contribution in [3.63, 3.8) is 0 Å². The molecule has 2 unspecified atom stereocenters. The highest BCUT2D eigenvalue weighted by Gasteiger charge is 2.54. The molecule has 1 saturated carbocycles. The number of aliphatic hydroxyl groups excluding tert-OH is 1. The van der Waals surface area contributed by atoms with E-state index in [1.807, 2.05) is 58.0 Å². The third-order valence-electron chi connectivity index (χ3n) is 8.51. The molecule has 1 aromatic heterocycles. The summed E-state index contributed by atoms with van der Waals surface area (Å²) in [6.45, 7) is 15.0. The topological polar surface area (TPSA) is 110 Å². The fraction of sp³-hybridized carbons (Fsp3) is 0.593. The number of nitrogens with zero attached hydrogens (tertiary/aromatic N) is 2. The molecule has 1 aromatic carbocycles. The van der Waals surface area contributed by atoms with Gasteiger partial charge in [-0.2, -0.15) is 5.10 Å². The number of anilines is 1. The lowest BCUT2D eigenvalue weighted by Gasteiger charge is -2.48. The van der Waals surface area contributed by atoms with Crippen molar-refractivity contribution < 1.29 is 14.7 Å². The maximum atomic E-state index is 13.5. The predicted molar refractivity (Wildman–Crippen MR) is 144 cm³/mol. The summed E-state index contributed by atoms with van der Waals surface area (Å²) in [6, 6.07) is 8.69. The van der Waals surface area contributed by atoms with Crippen LogP contribution in [0.3, 0.4) is 0 Å². The van der Waals surface area contributed by atoms with Crippen LogP contribution in [0.25, 0.3) is 0 Å². The second-order valence-corrected chi connectivity index (χ2v) is 17.7. The predicted octanol–water partition coefficient (Wildman–Crippen LogP) is 5.13. The van der Waals surface area contributed by atoms with Crippen LogP contribution in [-0.4, -0.2) is 46.3 Å². The van der Waals surface area contributed by atoms with E-state index >= 15 is 0 Å². The number of rotatable bonds is 7. The number of nitrogens with one attached hydrogen (secondary N) is 3. The van der Waals surface area contributed by atoms with Crippen LogP contribution in [0.1, 0.15) is 69.9 Å². The van der Waals surface area contributed by atoms with Gasteiger partial charge in [0, 0.05) is 10.6 Å². The number of hydrogen-bond donors (Lipinski definition) is 4. The van der Waals surface area contributed by atoms with Crippen molar-refractivity contribution >= 4 is 25.8 Å². The van der Waals surface area contributed by atoms with E-state index < -0.39 is 25.8 Å². The van der Waals surface area contributed by atoms with Crippen LogP contribution >= 0.6 is 0 Å². The van der Waals surface area contributed by atoms with E-state index in [1.54, 1.807) is 4.90 Å². The lowest BCUT2D eigenvalue weighted by atomic mass is 9.83. The van der Waals surface area contributed by atoms with E-state index in [9.17, 15) is 14.7 Å². The minimum atomic E-state index is -1.72. The van der Waals surface area contributed by atoms with E-state index in [0.717, 1.165) is 36.1 Å². The number of H-pyrrole nitrogens is 1. The number of carbonyl (C=O) groups excluding carboxylic acids is 2. The molecule has 8 nitrogen and oxygen atoms in total. The summed E-state index contributed by atoms with van der Waals surface area (Å²) in [6.07, 6.45) is 2.13. The van der Waals surface area contributed by atoms with Crippen molar-refractivity contribution in [2.75, 3.05) is 5.32 Å². The molecule has 9 heteroatoms. The van der Waals surface area contributed by atoms with Gasteiger partial charge in [-0.25, -0.2) is 4.79 Å². The van der Waals surface area contributed by atoms with Gasteiger partial charge in [0.2, 0.25) is 5.91 Å². The number of fused-ring (bicyclic) bond motifs is 1. The average Bonchev–Trinajstić information content (AvgIpc) is 3.28. The number of benzene rings is 1. The average molecular weight is 512 g/mol. The molecule has 2 aromatic rings. The monoisotopic (exact) mass is 511 g/mol. The highest BCUT2D eigenvalue weighted by Crippen LogP contribution is 2.56. The minimum absolute atomic E-state index is 0.0180. The van der Waals surface area contributed by atoms with Gasteiger partial charge in [0.1, 0.15) is 0 Å². The number of amides is 3. The van der Waals surface area contributed by atoms with Gasteiger partial charge in [0.05, 0.1) is 38.0 Å². The summed E-state index contributed by atoms with van der Waals surface area (Å²) < 4.78 is 0. The molecule has 3 amide bonds. The second kappa shape index (κ2) is 9.34. The number of carbonyl (C=O) groups is 2. The molecule has 196 valence electrons. The van der Waals surface area contributed by atoms with Gasteiger partial charge in [-0.05, 0) is 38.2 Å². The van der Waals surface area contributed by atoms with Crippen molar-refractivity contribution in [1.82, 2.24) is 20.4 Å². The molecule has 1 aliphatic carbocycles. The van der Waals surface area contributed by atoms with Crippen LogP contribution in [0.15, 0.2) is 30.3 Å². The Labute approximate surface area is 215 Å². The zero-order valence-electron chi connectivity index (χ0n) is 22.6. The summed E-state index contributed by atoms with van der Waals surface area (Å²) in [7, 11) is -1.72. The largest absolute Gasteiger partial charge is 0.386 e. The summed E-state index contributed by atoms with van der Waals surface area (Å²) in [5.41, 5.74) is 1.79. The van der Waals surface area contributed by atoms with Gasteiger partial charge < -0.3 is 20.6 Å². The first-order chi connectivity index (χ1) is 16.8. The maximum Gasteiger partial charge on any atom is 0.318 e. The van der Waals surface area contributed by atoms with Crippen molar-refractivity contribution in [2.45, 2.75) is 95.9 Å². The smallest absolute Gasteiger partial charge is 0.318 e. The summed E-state index contributed by atoms with van der Waals surface area (Å²) in [5.74, 6) is 0.603. The van der Waals surface area contributed by atoms with Crippen LogP contribution in [-0.2, 0) is 16.9 Å². The molecule has 1 aliphatic heterocycles. The Bertz CT molecular complexity index is 1120. The van der Waals surface area contributed by atoms with Crippen LogP contribution in [0.5, 0.6) is 0 Å². The van der Waals surface area contributed by atoms with Crippen molar-refractivity contribution in [3.8, 4) is 0 Å². The number of aliphatic hydroxyl groups is 1. The van der Waals surface area contributed by atoms with Gasteiger partial charge >= 0.3 is 6.03 Å². The maximum absolute atomic E-state index is 13.5. The molecule has 36 heavy (non-hydrogen) atoms. The van der Waals surface area contributed by atoms with Gasteiger partial charge in [-0.15, -0.1) is 0 Å². The minimum Gasteiger partial charge on any atom is -0.386 e. The fourth-order valence-electron chi connectivity index (χ4n) is 5.71. The van der Waals surface area contributed by atoms with Gasteiger partial charge in [0.25, 0.3) is 0 Å². The lowest BCUT2D eigenvalue weighted by molar-refractivity contribution is -0.121. The Morgan fingerprint density at radius 1 is 1.14 bits per heavy atom. The third-order valence-corrected chi connectivity index (χ3v) is 12.1. The molecule has 1 fully saturated rings. The van der Waals surface area contributed by atoms with Crippen molar-refractivity contribution in [2.24, 2.45) is 5.92 Å². The third kappa shape index (κ3) is 4.36. The van der Waals surface area contributed by atoms with E-state index in [0.29, 0.717) is 12.4 Å². The first-order valence-electron chi connectivity index (χ1n) is 13.0. The molecule has 2 aliphatic rings. The molecule has 0 radical (unpaired) electrons. The first kappa shape index (κ1) is 26.4. The molecule has 2 atom stereocenters. The molecular weight excluding hydrogens is 470 g/mol. The van der Waals surface area contributed by atoms with Gasteiger partial charge in [-0.1, -0.05) is 70.2 Å². The van der Waals surface area contributed by atoms with Gasteiger partial charge in [-0.3, -0.25) is 9.89 Å². The Balaban J connectivity index is 1.52. The highest BCUT2D eigenvalue weighted by atomic mass is 28.3. The van der Waals surface area contributed by atoms with Crippen molar-refractivity contribution in [3.05, 3.63) is 47.2 Å². The molecule has 0 saturated heterocycles.